The minimum absolute atomic E-state index is 0.0149. The molecule has 3 fully saturated rings. The predicted octanol–water partition coefficient (Wildman–Crippen LogP) is 3.16. The Morgan fingerprint density at radius 2 is 1.98 bits per heavy atom. The molecule has 11 heteroatoms. The highest BCUT2D eigenvalue weighted by atomic mass is 16.4. The number of rotatable bonds is 8. The van der Waals surface area contributed by atoms with E-state index < -0.39 is 17.3 Å². The SMILES string of the molecule is CCn1nccc1C(=O)N[C@H](c1cn2nc(CC3(C(=O)O)CC4(CC4)CNC3=O)ccc2n1)C1CCC(C)CC1. The van der Waals surface area contributed by atoms with Crippen molar-refractivity contribution in [1.82, 2.24) is 35.0 Å². The molecule has 2 saturated carbocycles. The average Bonchev–Trinajstić information content (AvgIpc) is 3.32. The van der Waals surface area contributed by atoms with Crippen LogP contribution in [-0.2, 0) is 22.6 Å². The van der Waals surface area contributed by atoms with Gasteiger partial charge in [-0.1, -0.05) is 19.8 Å². The lowest BCUT2D eigenvalue weighted by molar-refractivity contribution is -0.160. The van der Waals surface area contributed by atoms with Gasteiger partial charge in [0.2, 0.25) is 5.91 Å². The second-order valence-electron chi connectivity index (χ2n) is 12.2. The molecular formula is C29H37N7O4. The van der Waals surface area contributed by atoms with Gasteiger partial charge >= 0.3 is 5.97 Å². The number of aromatic nitrogens is 5. The van der Waals surface area contributed by atoms with Crippen LogP contribution in [0.1, 0.15) is 86.7 Å². The van der Waals surface area contributed by atoms with E-state index in [0.717, 1.165) is 44.2 Å². The fourth-order valence-corrected chi connectivity index (χ4v) is 6.68. The number of carbonyl (C=O) groups excluding carboxylic acids is 2. The number of hydrogen-bond acceptors (Lipinski definition) is 6. The van der Waals surface area contributed by atoms with Gasteiger partial charge in [0.1, 0.15) is 5.69 Å². The second kappa shape index (κ2) is 10.0. The highest BCUT2D eigenvalue weighted by Gasteiger charge is 2.59. The zero-order chi connectivity index (χ0) is 28.1. The second-order valence-corrected chi connectivity index (χ2v) is 12.2. The summed E-state index contributed by atoms with van der Waals surface area (Å²) in [7, 11) is 0. The van der Waals surface area contributed by atoms with E-state index in [-0.39, 0.29) is 29.7 Å². The maximum absolute atomic E-state index is 13.3. The van der Waals surface area contributed by atoms with Gasteiger partial charge in [-0.25, -0.2) is 9.50 Å². The number of carboxylic acid groups (broad SMARTS) is 1. The fraction of sp³-hybridized carbons (Fsp3) is 0.586. The zero-order valence-corrected chi connectivity index (χ0v) is 23.1. The van der Waals surface area contributed by atoms with Gasteiger partial charge in [-0.3, -0.25) is 19.1 Å². The number of carbonyl (C=O) groups is 3. The lowest BCUT2D eigenvalue weighted by atomic mass is 9.71. The van der Waals surface area contributed by atoms with E-state index in [0.29, 0.717) is 42.5 Å². The highest BCUT2D eigenvalue weighted by Crippen LogP contribution is 2.55. The highest BCUT2D eigenvalue weighted by molar-refractivity contribution is 6.03. The first-order chi connectivity index (χ1) is 19.2. The lowest BCUT2D eigenvalue weighted by Crippen LogP contribution is -2.55. The van der Waals surface area contributed by atoms with Crippen LogP contribution in [0.5, 0.6) is 0 Å². The van der Waals surface area contributed by atoms with Crippen LogP contribution in [0.4, 0.5) is 0 Å². The van der Waals surface area contributed by atoms with E-state index >= 15 is 0 Å². The van der Waals surface area contributed by atoms with Crippen LogP contribution in [-0.4, -0.2) is 53.8 Å². The minimum atomic E-state index is -1.53. The molecular weight excluding hydrogens is 510 g/mol. The topological polar surface area (TPSA) is 144 Å². The maximum atomic E-state index is 13.3. The van der Waals surface area contributed by atoms with Crippen molar-refractivity contribution in [1.29, 1.82) is 0 Å². The van der Waals surface area contributed by atoms with Gasteiger partial charge < -0.3 is 15.7 Å². The Labute approximate surface area is 232 Å². The first-order valence-electron chi connectivity index (χ1n) is 14.4. The van der Waals surface area contributed by atoms with E-state index in [2.05, 4.69) is 22.7 Å². The number of fused-ring (bicyclic) bond motifs is 1. The van der Waals surface area contributed by atoms with Crippen LogP contribution in [0.25, 0.3) is 5.65 Å². The zero-order valence-electron chi connectivity index (χ0n) is 23.1. The molecule has 3 aromatic rings. The summed E-state index contributed by atoms with van der Waals surface area (Å²) >= 11 is 0. The van der Waals surface area contributed by atoms with Crippen LogP contribution in [0.2, 0.25) is 0 Å². The van der Waals surface area contributed by atoms with E-state index in [1.54, 1.807) is 27.5 Å². The van der Waals surface area contributed by atoms with E-state index in [4.69, 9.17) is 10.1 Å². The molecule has 1 unspecified atom stereocenters. The van der Waals surface area contributed by atoms with Gasteiger partial charge in [-0.2, -0.15) is 10.2 Å². The van der Waals surface area contributed by atoms with Crippen LogP contribution in [0, 0.1) is 22.7 Å². The van der Waals surface area contributed by atoms with Crippen LogP contribution >= 0.6 is 0 Å². The van der Waals surface area contributed by atoms with Crippen molar-refractivity contribution in [3.05, 3.63) is 47.7 Å². The van der Waals surface area contributed by atoms with Gasteiger partial charge in [0, 0.05) is 25.7 Å². The lowest BCUT2D eigenvalue weighted by Gasteiger charge is -2.37. The third kappa shape index (κ3) is 4.75. The van der Waals surface area contributed by atoms with Gasteiger partial charge in [-0.15, -0.1) is 0 Å². The number of carboxylic acids is 1. The Bertz CT molecular complexity index is 1450. The van der Waals surface area contributed by atoms with Crippen molar-refractivity contribution in [2.45, 2.75) is 77.8 Å². The number of nitrogens with zero attached hydrogens (tertiary/aromatic N) is 5. The molecule has 1 saturated heterocycles. The quantitative estimate of drug-likeness (QED) is 0.368. The number of amides is 2. The maximum Gasteiger partial charge on any atom is 0.319 e. The largest absolute Gasteiger partial charge is 0.480 e. The monoisotopic (exact) mass is 547 g/mol. The van der Waals surface area contributed by atoms with E-state index in [1.165, 1.54) is 0 Å². The van der Waals surface area contributed by atoms with Gasteiger partial charge in [0.15, 0.2) is 11.1 Å². The number of aliphatic carboxylic acids is 1. The summed E-state index contributed by atoms with van der Waals surface area (Å²) in [5.74, 6) is -0.836. The molecule has 2 amide bonds. The average molecular weight is 548 g/mol. The molecule has 11 nitrogen and oxygen atoms in total. The summed E-state index contributed by atoms with van der Waals surface area (Å²) in [6, 6.07) is 4.99. The number of imidazole rings is 1. The summed E-state index contributed by atoms with van der Waals surface area (Å²) in [5, 5.41) is 25.2. The standard InChI is InChI=1S/C29H37N7O4/c1-3-35-22(10-13-31-35)25(37)33-24(19-6-4-18(2)5-7-19)21-15-36-23(32-21)9-8-20(34-36)14-29(27(39)40)16-28(11-12-28)17-30-26(29)38/h8-10,13,15,18-19,24H,3-7,11-12,14,16-17H2,1-2H3,(H,30,38)(H,33,37)(H,39,40)/t18?,19?,24-,29?/m0/s1. The van der Waals surface area contributed by atoms with Crippen molar-refractivity contribution >= 4 is 23.4 Å². The van der Waals surface area contributed by atoms with Crippen molar-refractivity contribution in [2.24, 2.45) is 22.7 Å². The van der Waals surface area contributed by atoms with Gasteiger partial charge in [0.25, 0.3) is 5.91 Å². The molecule has 212 valence electrons. The first-order valence-corrected chi connectivity index (χ1v) is 14.4. The summed E-state index contributed by atoms with van der Waals surface area (Å²) in [5.41, 5.74) is 0.729. The van der Waals surface area contributed by atoms with Crippen molar-refractivity contribution < 1.29 is 19.5 Å². The third-order valence-corrected chi connectivity index (χ3v) is 9.36. The molecule has 2 atom stereocenters. The molecule has 3 aliphatic rings. The minimum Gasteiger partial charge on any atom is -0.480 e. The number of nitrogens with one attached hydrogen (secondary N) is 2. The van der Waals surface area contributed by atoms with Gasteiger partial charge in [0.05, 0.1) is 23.6 Å². The van der Waals surface area contributed by atoms with E-state index in [9.17, 15) is 19.5 Å². The van der Waals surface area contributed by atoms with Crippen molar-refractivity contribution in [3.63, 3.8) is 0 Å². The Morgan fingerprint density at radius 1 is 1.20 bits per heavy atom. The predicted molar refractivity (Wildman–Crippen MR) is 145 cm³/mol. The fourth-order valence-electron chi connectivity index (χ4n) is 6.68. The Balaban J connectivity index is 1.30. The molecule has 2 aliphatic carbocycles. The smallest absolute Gasteiger partial charge is 0.319 e. The Hall–Kier alpha value is -3.76. The van der Waals surface area contributed by atoms with Crippen LogP contribution < -0.4 is 10.6 Å². The molecule has 0 bridgehead atoms. The summed E-state index contributed by atoms with van der Waals surface area (Å²) in [4.78, 5) is 43.5. The number of aryl methyl sites for hydroxylation is 1. The summed E-state index contributed by atoms with van der Waals surface area (Å²) in [6.07, 6.45) is 9.86. The first kappa shape index (κ1) is 26.5. The summed E-state index contributed by atoms with van der Waals surface area (Å²) < 4.78 is 3.33. The Morgan fingerprint density at radius 3 is 2.67 bits per heavy atom. The molecule has 40 heavy (non-hydrogen) atoms. The van der Waals surface area contributed by atoms with Gasteiger partial charge in [-0.05, 0) is 74.5 Å². The third-order valence-electron chi connectivity index (χ3n) is 9.36. The molecule has 4 heterocycles. The molecule has 1 spiro atoms. The van der Waals surface area contributed by atoms with Crippen molar-refractivity contribution in [3.8, 4) is 0 Å². The number of piperidine rings is 1. The normalized spacial score (nSPS) is 26.4. The molecule has 0 aromatic carbocycles. The molecule has 1 aliphatic heterocycles. The van der Waals surface area contributed by atoms with Crippen molar-refractivity contribution in [2.75, 3.05) is 6.54 Å². The Kier molecular flexibility index (Phi) is 6.62. The van der Waals surface area contributed by atoms with Crippen LogP contribution in [0.3, 0.4) is 0 Å². The molecule has 3 aromatic heterocycles. The number of hydrogen-bond donors (Lipinski definition) is 3. The molecule has 6 rings (SSSR count). The summed E-state index contributed by atoms with van der Waals surface area (Å²) in [6.45, 7) is 5.36. The molecule has 3 N–H and O–H groups in total. The molecule has 0 radical (unpaired) electrons. The van der Waals surface area contributed by atoms with E-state index in [1.807, 2.05) is 19.2 Å². The van der Waals surface area contributed by atoms with Crippen LogP contribution in [0.15, 0.2) is 30.6 Å².